The first-order valence-corrected chi connectivity index (χ1v) is 6.23. The van der Waals surface area contributed by atoms with Crippen LogP contribution < -0.4 is 5.32 Å². The van der Waals surface area contributed by atoms with Crippen LogP contribution in [0.1, 0.15) is 52.9 Å². The maximum Gasteiger partial charge on any atom is 0.260 e. The fourth-order valence-corrected chi connectivity index (χ4v) is 1.45. The van der Waals surface area contributed by atoms with Crippen LogP contribution in [0, 0.1) is 5.92 Å². The van der Waals surface area contributed by atoms with Gasteiger partial charge in [0, 0.05) is 0 Å². The third-order valence-corrected chi connectivity index (χ3v) is 2.93. The van der Waals surface area contributed by atoms with Crippen LogP contribution in [0.3, 0.4) is 0 Å². The van der Waals surface area contributed by atoms with Gasteiger partial charge in [0.1, 0.15) is 0 Å². The van der Waals surface area contributed by atoms with Gasteiger partial charge in [0.15, 0.2) is 6.17 Å². The van der Waals surface area contributed by atoms with Crippen molar-refractivity contribution in [1.82, 2.24) is 0 Å². The van der Waals surface area contributed by atoms with Gasteiger partial charge >= 0.3 is 0 Å². The number of rotatable bonds is 9. The van der Waals surface area contributed by atoms with Crippen molar-refractivity contribution >= 4 is 0 Å². The molecule has 0 aromatic carbocycles. The highest BCUT2D eigenvalue weighted by Crippen LogP contribution is 2.08. The Morgan fingerprint density at radius 1 is 1.13 bits per heavy atom. The molecule has 3 heteroatoms. The molecule has 0 amide bonds. The summed E-state index contributed by atoms with van der Waals surface area (Å²) in [5, 5.41) is 1.51. The lowest BCUT2D eigenvalue weighted by atomic mass is 10.1. The van der Waals surface area contributed by atoms with E-state index in [4.69, 9.17) is 0 Å². The van der Waals surface area contributed by atoms with E-state index >= 15 is 0 Å². The van der Waals surface area contributed by atoms with Crippen molar-refractivity contribution in [2.24, 2.45) is 5.92 Å². The molecule has 15 heavy (non-hydrogen) atoms. The molecular formula is C12H26F2N+. The van der Waals surface area contributed by atoms with Crippen LogP contribution in [0.2, 0.25) is 0 Å². The second kappa shape index (κ2) is 9.08. The van der Waals surface area contributed by atoms with Crippen LogP contribution in [-0.2, 0) is 0 Å². The van der Waals surface area contributed by atoms with E-state index in [1.54, 1.807) is 0 Å². The highest BCUT2D eigenvalue weighted by molar-refractivity contribution is 4.57. The molecule has 3 unspecified atom stereocenters. The van der Waals surface area contributed by atoms with E-state index in [0.717, 1.165) is 25.7 Å². The lowest BCUT2D eigenvalue weighted by molar-refractivity contribution is -0.718. The predicted octanol–water partition coefficient (Wildman–Crippen LogP) is 2.81. The summed E-state index contributed by atoms with van der Waals surface area (Å²) in [5.74, 6) is 0.613. The zero-order valence-electron chi connectivity index (χ0n) is 10.3. The molecule has 1 nitrogen and oxygen atoms in total. The SMILES string of the molecule is CCCCC(F)C(F)[NH2+]CCC(C)CC. The highest BCUT2D eigenvalue weighted by atomic mass is 19.2. The van der Waals surface area contributed by atoms with E-state index in [9.17, 15) is 8.78 Å². The molecule has 2 N–H and O–H groups in total. The van der Waals surface area contributed by atoms with Gasteiger partial charge in [-0.15, -0.1) is 0 Å². The molecule has 0 saturated carbocycles. The van der Waals surface area contributed by atoms with Crippen molar-refractivity contribution in [3.8, 4) is 0 Å². The molecule has 3 atom stereocenters. The smallest absolute Gasteiger partial charge is 0.260 e. The molecule has 0 aliphatic rings. The summed E-state index contributed by atoms with van der Waals surface area (Å²) in [6, 6.07) is 0. The number of nitrogens with two attached hydrogens (primary N) is 1. The van der Waals surface area contributed by atoms with E-state index in [-0.39, 0.29) is 0 Å². The van der Waals surface area contributed by atoms with Crippen molar-refractivity contribution in [3.63, 3.8) is 0 Å². The maximum absolute atomic E-state index is 13.2. The first-order valence-electron chi connectivity index (χ1n) is 6.23. The number of hydrogen-bond donors (Lipinski definition) is 1. The standard InChI is InChI=1S/C12H25F2N/c1-4-6-7-11(13)12(14)15-9-8-10(3)5-2/h10-12,15H,4-9H2,1-3H3/p+1. The van der Waals surface area contributed by atoms with E-state index in [1.165, 1.54) is 5.32 Å². The number of halogens is 2. The molecule has 0 rings (SSSR count). The van der Waals surface area contributed by atoms with E-state index < -0.39 is 12.5 Å². The Balaban J connectivity index is 3.50. The lowest BCUT2D eigenvalue weighted by Crippen LogP contribution is -2.91. The predicted molar refractivity (Wildman–Crippen MR) is 60.2 cm³/mol. The topological polar surface area (TPSA) is 16.6 Å². The number of hydrogen-bond acceptors (Lipinski definition) is 0. The Bertz CT molecular complexity index is 142. The summed E-state index contributed by atoms with van der Waals surface area (Å²) < 4.78 is 26.4. The molecule has 0 radical (unpaired) electrons. The Labute approximate surface area is 92.6 Å². The van der Waals surface area contributed by atoms with Crippen molar-refractivity contribution in [1.29, 1.82) is 0 Å². The second-order valence-corrected chi connectivity index (χ2v) is 4.43. The third-order valence-electron chi connectivity index (χ3n) is 2.93. The molecule has 0 aromatic rings. The molecule has 0 fully saturated rings. The van der Waals surface area contributed by atoms with Crippen molar-refractivity contribution in [2.75, 3.05) is 6.54 Å². The van der Waals surface area contributed by atoms with Crippen LogP contribution in [0.4, 0.5) is 8.78 Å². The molecule has 0 aliphatic heterocycles. The fourth-order valence-electron chi connectivity index (χ4n) is 1.45. The van der Waals surface area contributed by atoms with Gasteiger partial charge in [0.05, 0.1) is 6.54 Å². The molecule has 0 aromatic heterocycles. The van der Waals surface area contributed by atoms with Gasteiger partial charge in [-0.1, -0.05) is 40.0 Å². The zero-order chi connectivity index (χ0) is 11.7. The Kier molecular flexibility index (Phi) is 8.97. The van der Waals surface area contributed by atoms with Crippen molar-refractivity contribution in [3.05, 3.63) is 0 Å². The van der Waals surface area contributed by atoms with Gasteiger partial charge in [0.25, 0.3) is 6.30 Å². The maximum atomic E-state index is 13.2. The molecule has 0 spiro atoms. The molecule has 0 heterocycles. The lowest BCUT2D eigenvalue weighted by Gasteiger charge is -2.13. The summed E-state index contributed by atoms with van der Waals surface area (Å²) in [4.78, 5) is 0. The first kappa shape index (κ1) is 14.8. The highest BCUT2D eigenvalue weighted by Gasteiger charge is 2.22. The van der Waals surface area contributed by atoms with Crippen LogP contribution >= 0.6 is 0 Å². The average Bonchev–Trinajstić information content (AvgIpc) is 2.25. The van der Waals surface area contributed by atoms with Crippen LogP contribution in [0.25, 0.3) is 0 Å². The van der Waals surface area contributed by atoms with Gasteiger partial charge in [-0.2, -0.15) is 4.39 Å². The van der Waals surface area contributed by atoms with Gasteiger partial charge in [-0.25, -0.2) is 4.39 Å². The minimum absolute atomic E-state index is 0.359. The number of alkyl halides is 2. The summed E-state index contributed by atoms with van der Waals surface area (Å²) in [6.07, 6.45) is 1.50. The number of unbranched alkanes of at least 4 members (excludes halogenated alkanes) is 1. The molecule has 0 aliphatic carbocycles. The Morgan fingerprint density at radius 2 is 1.80 bits per heavy atom. The molecule has 92 valence electrons. The molecule has 0 bridgehead atoms. The normalized spacial score (nSPS) is 17.4. The third kappa shape index (κ3) is 7.71. The molecule has 0 saturated heterocycles. The fraction of sp³-hybridized carbons (Fsp3) is 1.00. The van der Waals surface area contributed by atoms with E-state index in [2.05, 4.69) is 13.8 Å². The minimum atomic E-state index is -1.36. The van der Waals surface area contributed by atoms with Gasteiger partial charge in [-0.05, 0) is 18.8 Å². The van der Waals surface area contributed by atoms with E-state index in [1.807, 2.05) is 6.92 Å². The van der Waals surface area contributed by atoms with Crippen LogP contribution in [0.5, 0.6) is 0 Å². The monoisotopic (exact) mass is 222 g/mol. The Hall–Kier alpha value is -0.180. The Morgan fingerprint density at radius 3 is 2.33 bits per heavy atom. The summed E-state index contributed by atoms with van der Waals surface area (Å²) in [5.41, 5.74) is 0. The van der Waals surface area contributed by atoms with Crippen molar-refractivity contribution < 1.29 is 14.1 Å². The van der Waals surface area contributed by atoms with E-state index in [0.29, 0.717) is 18.9 Å². The molecular weight excluding hydrogens is 196 g/mol. The summed E-state index contributed by atoms with van der Waals surface area (Å²) in [6.45, 7) is 6.96. The van der Waals surface area contributed by atoms with Gasteiger partial charge < -0.3 is 5.32 Å². The van der Waals surface area contributed by atoms with Crippen LogP contribution in [-0.4, -0.2) is 19.0 Å². The summed E-state index contributed by atoms with van der Waals surface area (Å²) in [7, 11) is 0. The van der Waals surface area contributed by atoms with Gasteiger partial charge in [-0.3, -0.25) is 0 Å². The summed E-state index contributed by atoms with van der Waals surface area (Å²) >= 11 is 0. The van der Waals surface area contributed by atoms with Crippen LogP contribution in [0.15, 0.2) is 0 Å². The average molecular weight is 222 g/mol. The zero-order valence-corrected chi connectivity index (χ0v) is 10.3. The number of quaternary nitrogens is 1. The van der Waals surface area contributed by atoms with Crippen molar-refractivity contribution in [2.45, 2.75) is 65.3 Å². The second-order valence-electron chi connectivity index (χ2n) is 4.43. The van der Waals surface area contributed by atoms with Gasteiger partial charge in [0.2, 0.25) is 0 Å². The quantitative estimate of drug-likeness (QED) is 0.578. The minimum Gasteiger partial charge on any atom is -0.315 e. The first-order chi connectivity index (χ1) is 7.11. The largest absolute Gasteiger partial charge is 0.315 e.